The van der Waals surface area contributed by atoms with Crippen molar-refractivity contribution in [2.75, 3.05) is 0 Å². The summed E-state index contributed by atoms with van der Waals surface area (Å²) in [5.41, 5.74) is 0.273. The molecule has 0 amide bonds. The maximum Gasteiger partial charge on any atom is 0.339 e. The Hall–Kier alpha value is -2.09. The van der Waals surface area contributed by atoms with Gasteiger partial charge in [0.2, 0.25) is 0 Å². The van der Waals surface area contributed by atoms with Crippen LogP contribution in [-0.4, -0.2) is 27.3 Å². The molecule has 2 aromatic rings. The zero-order chi connectivity index (χ0) is 15.1. The van der Waals surface area contributed by atoms with Gasteiger partial charge in [0, 0.05) is 3.57 Å². The second kappa shape index (κ2) is 7.49. The van der Waals surface area contributed by atoms with Crippen LogP contribution in [0.4, 0.5) is 0 Å². The van der Waals surface area contributed by atoms with E-state index in [-0.39, 0.29) is 11.3 Å². The van der Waals surface area contributed by atoms with Crippen LogP contribution in [0.3, 0.4) is 0 Å². The number of carboxylic acid groups (broad SMARTS) is 2. The van der Waals surface area contributed by atoms with Crippen LogP contribution < -0.4 is 0 Å². The number of hydrogen-bond acceptors (Lipinski definition) is 3. The molecule has 3 N–H and O–H groups in total. The predicted molar refractivity (Wildman–Crippen MR) is 81.2 cm³/mol. The Bertz CT molecular complexity index is 610. The first-order valence-electron chi connectivity index (χ1n) is 5.42. The molecule has 0 heterocycles. The van der Waals surface area contributed by atoms with E-state index >= 15 is 0 Å². The van der Waals surface area contributed by atoms with Crippen LogP contribution in [0.2, 0.25) is 0 Å². The lowest BCUT2D eigenvalue weighted by Crippen LogP contribution is -1.96. The highest BCUT2D eigenvalue weighted by molar-refractivity contribution is 14.1. The summed E-state index contributed by atoms with van der Waals surface area (Å²) in [4.78, 5) is 20.6. The molecule has 0 spiro atoms. The maximum absolute atomic E-state index is 10.4. The number of rotatable bonds is 2. The molecule has 0 saturated carbocycles. The zero-order valence-electron chi connectivity index (χ0n) is 10.2. The van der Waals surface area contributed by atoms with Gasteiger partial charge in [-0.2, -0.15) is 0 Å². The molecular weight excluding hydrogens is 375 g/mol. The molecule has 6 heteroatoms. The summed E-state index contributed by atoms with van der Waals surface area (Å²) in [5, 5.41) is 25.9. The first kappa shape index (κ1) is 16.0. The van der Waals surface area contributed by atoms with Crippen LogP contribution in [0.25, 0.3) is 0 Å². The Morgan fingerprint density at radius 2 is 1.50 bits per heavy atom. The van der Waals surface area contributed by atoms with Gasteiger partial charge in [-0.15, -0.1) is 0 Å². The Labute approximate surface area is 128 Å². The van der Waals surface area contributed by atoms with Gasteiger partial charge in [0.25, 0.3) is 0 Å². The molecule has 2 rings (SSSR count). The molecule has 20 heavy (non-hydrogen) atoms. The van der Waals surface area contributed by atoms with E-state index in [0.717, 1.165) is 3.57 Å². The van der Waals surface area contributed by atoms with Crippen LogP contribution in [0.15, 0.2) is 48.5 Å². The third-order valence-electron chi connectivity index (χ3n) is 2.21. The fourth-order valence-electron chi connectivity index (χ4n) is 1.26. The highest BCUT2D eigenvalue weighted by Crippen LogP contribution is 2.19. The van der Waals surface area contributed by atoms with Gasteiger partial charge in [0.15, 0.2) is 0 Å². The summed E-state index contributed by atoms with van der Waals surface area (Å²) in [5.74, 6) is -2.19. The van der Waals surface area contributed by atoms with Gasteiger partial charge >= 0.3 is 11.9 Å². The van der Waals surface area contributed by atoms with E-state index in [2.05, 4.69) is 0 Å². The van der Waals surface area contributed by atoms with E-state index in [1.165, 1.54) is 12.1 Å². The molecule has 0 bridgehead atoms. The lowest BCUT2D eigenvalue weighted by Gasteiger charge is -1.98. The smallest absolute Gasteiger partial charge is 0.339 e. The molecule has 104 valence electrons. The number of halogens is 1. The molecule has 0 atom stereocenters. The van der Waals surface area contributed by atoms with E-state index in [1.807, 2.05) is 22.6 Å². The molecule has 0 aliphatic heterocycles. The minimum Gasteiger partial charge on any atom is -0.507 e. The van der Waals surface area contributed by atoms with Crippen LogP contribution in [0, 0.1) is 3.57 Å². The summed E-state index contributed by atoms with van der Waals surface area (Å²) in [6.07, 6.45) is 0. The molecular formula is C14H11IO5. The molecule has 0 radical (unpaired) electrons. The van der Waals surface area contributed by atoms with Crippen molar-refractivity contribution in [1.82, 2.24) is 0 Å². The number of hydrogen-bond donors (Lipinski definition) is 3. The third kappa shape index (κ3) is 4.88. The van der Waals surface area contributed by atoms with Gasteiger partial charge in [-0.1, -0.05) is 18.2 Å². The molecule has 0 saturated heterocycles. The Morgan fingerprint density at radius 1 is 0.900 bits per heavy atom. The van der Waals surface area contributed by atoms with Gasteiger partial charge in [-0.25, -0.2) is 9.59 Å². The Morgan fingerprint density at radius 3 is 1.90 bits per heavy atom. The molecule has 0 aliphatic carbocycles. The van der Waals surface area contributed by atoms with Crippen LogP contribution >= 0.6 is 22.6 Å². The van der Waals surface area contributed by atoms with Gasteiger partial charge in [-0.3, -0.25) is 0 Å². The second-order valence-corrected chi connectivity index (χ2v) is 4.88. The van der Waals surface area contributed by atoms with E-state index in [1.54, 1.807) is 36.4 Å². The van der Waals surface area contributed by atoms with Crippen molar-refractivity contribution >= 4 is 34.5 Å². The number of carbonyl (C=O) groups is 2. The fourth-order valence-corrected chi connectivity index (χ4v) is 1.75. The average molecular weight is 386 g/mol. The Kier molecular flexibility index (Phi) is 5.98. The Balaban J connectivity index is 0.000000204. The lowest BCUT2D eigenvalue weighted by molar-refractivity contribution is 0.0684. The van der Waals surface area contributed by atoms with Crippen LogP contribution in [0.5, 0.6) is 5.75 Å². The van der Waals surface area contributed by atoms with Crippen molar-refractivity contribution in [3.63, 3.8) is 0 Å². The fraction of sp³-hybridized carbons (Fsp3) is 0. The number of aromatic carboxylic acids is 2. The third-order valence-corrected chi connectivity index (χ3v) is 2.88. The highest BCUT2D eigenvalue weighted by atomic mass is 127. The maximum atomic E-state index is 10.4. The van der Waals surface area contributed by atoms with Gasteiger partial charge in [0.1, 0.15) is 11.3 Å². The van der Waals surface area contributed by atoms with Crippen molar-refractivity contribution in [1.29, 1.82) is 0 Å². The lowest BCUT2D eigenvalue weighted by atomic mass is 10.2. The summed E-state index contributed by atoms with van der Waals surface area (Å²) in [6.45, 7) is 0. The minimum absolute atomic E-state index is 0.0584. The molecule has 0 aromatic heterocycles. The van der Waals surface area contributed by atoms with E-state index < -0.39 is 11.9 Å². The van der Waals surface area contributed by atoms with Crippen LogP contribution in [0.1, 0.15) is 20.7 Å². The number of benzene rings is 2. The van der Waals surface area contributed by atoms with E-state index in [0.29, 0.717) is 5.56 Å². The summed E-state index contributed by atoms with van der Waals surface area (Å²) >= 11 is 1.98. The largest absolute Gasteiger partial charge is 0.507 e. The first-order chi connectivity index (χ1) is 9.41. The van der Waals surface area contributed by atoms with Crippen molar-refractivity contribution in [2.24, 2.45) is 0 Å². The van der Waals surface area contributed by atoms with E-state index in [9.17, 15) is 9.59 Å². The van der Waals surface area contributed by atoms with E-state index in [4.69, 9.17) is 15.3 Å². The molecule has 2 aromatic carbocycles. The molecule has 5 nitrogen and oxygen atoms in total. The average Bonchev–Trinajstić information content (AvgIpc) is 2.43. The van der Waals surface area contributed by atoms with Gasteiger partial charge in [0.05, 0.1) is 5.56 Å². The monoisotopic (exact) mass is 386 g/mol. The predicted octanol–water partition coefficient (Wildman–Crippen LogP) is 3.08. The SMILES string of the molecule is O=C(O)c1cc(I)ccc1O.O=C(O)c1ccccc1. The van der Waals surface area contributed by atoms with Gasteiger partial charge in [-0.05, 0) is 52.9 Å². The summed E-state index contributed by atoms with van der Waals surface area (Å²) in [6, 6.07) is 12.7. The topological polar surface area (TPSA) is 94.8 Å². The zero-order valence-corrected chi connectivity index (χ0v) is 12.3. The quantitative estimate of drug-likeness (QED) is 0.690. The summed E-state index contributed by atoms with van der Waals surface area (Å²) < 4.78 is 0.790. The highest BCUT2D eigenvalue weighted by Gasteiger charge is 2.08. The van der Waals surface area contributed by atoms with Crippen molar-refractivity contribution in [3.05, 3.63) is 63.2 Å². The van der Waals surface area contributed by atoms with Crippen molar-refractivity contribution in [2.45, 2.75) is 0 Å². The molecule has 0 aliphatic rings. The number of phenols is 1. The van der Waals surface area contributed by atoms with Crippen molar-refractivity contribution in [3.8, 4) is 5.75 Å². The number of aromatic hydroxyl groups is 1. The number of carboxylic acids is 2. The first-order valence-corrected chi connectivity index (χ1v) is 6.50. The second-order valence-electron chi connectivity index (χ2n) is 3.64. The van der Waals surface area contributed by atoms with Gasteiger partial charge < -0.3 is 15.3 Å². The van der Waals surface area contributed by atoms with Crippen LogP contribution in [-0.2, 0) is 0 Å². The molecule has 0 fully saturated rings. The van der Waals surface area contributed by atoms with Crippen molar-refractivity contribution < 1.29 is 24.9 Å². The normalized spacial score (nSPS) is 9.25. The minimum atomic E-state index is -1.11. The standard InChI is InChI=1S/C7H5IO3.C7H6O2/c8-4-1-2-6(9)5(3-4)7(10)11;8-7(9)6-4-2-1-3-5-6/h1-3,9H,(H,10,11);1-5H,(H,8,9). The summed E-state index contributed by atoms with van der Waals surface area (Å²) in [7, 11) is 0. The molecule has 0 unspecified atom stereocenters.